The molecule has 0 aromatic rings. The highest BCUT2D eigenvalue weighted by atomic mass is 16.6. The maximum atomic E-state index is 12.3. The molecular weight excluding hydrogens is 314 g/mol. The monoisotopic (exact) mass is 341 g/mol. The first-order valence-electron chi connectivity index (χ1n) is 8.57. The van der Waals surface area contributed by atoms with Crippen LogP contribution in [0, 0.1) is 0 Å². The molecule has 3 amide bonds. The Kier molecular flexibility index (Phi) is 6.42. The number of carbonyl (C=O) groups is 3. The molecule has 0 bridgehead atoms. The van der Waals surface area contributed by atoms with Gasteiger partial charge in [0, 0.05) is 32.2 Å². The Hall–Kier alpha value is -1.83. The zero-order chi connectivity index (χ0) is 17.7. The van der Waals surface area contributed by atoms with Crippen molar-refractivity contribution in [2.24, 2.45) is 0 Å². The van der Waals surface area contributed by atoms with Gasteiger partial charge in [-0.25, -0.2) is 4.79 Å². The van der Waals surface area contributed by atoms with Crippen molar-refractivity contribution in [3.05, 3.63) is 0 Å². The SMILES string of the molecule is CCOC(=O)N1CCC(NC(=O)C(=O)N2CC(C)OC(C)C2)CC1. The highest BCUT2D eigenvalue weighted by molar-refractivity contribution is 6.35. The van der Waals surface area contributed by atoms with E-state index in [2.05, 4.69) is 5.32 Å². The lowest BCUT2D eigenvalue weighted by Crippen LogP contribution is -2.55. The molecule has 8 nitrogen and oxygen atoms in total. The number of nitrogens with zero attached hydrogens (tertiary/aromatic N) is 2. The molecule has 2 saturated heterocycles. The third-order valence-corrected chi connectivity index (χ3v) is 4.26. The topological polar surface area (TPSA) is 88.2 Å². The smallest absolute Gasteiger partial charge is 0.409 e. The summed E-state index contributed by atoms with van der Waals surface area (Å²) < 4.78 is 10.5. The second kappa shape index (κ2) is 8.32. The molecule has 2 unspecified atom stereocenters. The first-order chi connectivity index (χ1) is 11.4. The highest BCUT2D eigenvalue weighted by Crippen LogP contribution is 2.13. The van der Waals surface area contributed by atoms with Crippen LogP contribution < -0.4 is 5.32 Å². The van der Waals surface area contributed by atoms with Crippen LogP contribution in [0.4, 0.5) is 4.79 Å². The van der Waals surface area contributed by atoms with Crippen LogP contribution in [0.3, 0.4) is 0 Å². The Morgan fingerprint density at radius 3 is 2.21 bits per heavy atom. The van der Waals surface area contributed by atoms with Crippen molar-refractivity contribution in [3.63, 3.8) is 0 Å². The van der Waals surface area contributed by atoms with E-state index in [1.807, 2.05) is 13.8 Å². The summed E-state index contributed by atoms with van der Waals surface area (Å²) in [4.78, 5) is 39.3. The van der Waals surface area contributed by atoms with Crippen molar-refractivity contribution in [3.8, 4) is 0 Å². The quantitative estimate of drug-likeness (QED) is 0.733. The molecule has 0 aromatic carbocycles. The van der Waals surface area contributed by atoms with Gasteiger partial charge in [-0.2, -0.15) is 0 Å². The van der Waals surface area contributed by atoms with Gasteiger partial charge in [-0.15, -0.1) is 0 Å². The molecule has 2 heterocycles. The molecule has 2 aliphatic heterocycles. The summed E-state index contributed by atoms with van der Waals surface area (Å²) in [5, 5.41) is 2.79. The Bertz CT molecular complexity index is 466. The highest BCUT2D eigenvalue weighted by Gasteiger charge is 2.32. The van der Waals surface area contributed by atoms with Crippen LogP contribution >= 0.6 is 0 Å². The second-order valence-electron chi connectivity index (χ2n) is 6.40. The number of piperidine rings is 1. The average Bonchev–Trinajstić information content (AvgIpc) is 2.54. The largest absolute Gasteiger partial charge is 0.450 e. The standard InChI is InChI=1S/C16H27N3O5/c1-4-23-16(22)18-7-5-13(6-8-18)17-14(20)15(21)19-9-11(2)24-12(3)10-19/h11-13H,4-10H2,1-3H3,(H,17,20). The first kappa shape index (κ1) is 18.5. The van der Waals surface area contributed by atoms with Crippen LogP contribution in [0.15, 0.2) is 0 Å². The fourth-order valence-electron chi connectivity index (χ4n) is 3.16. The maximum absolute atomic E-state index is 12.3. The molecule has 136 valence electrons. The minimum absolute atomic E-state index is 0.0710. The fourth-order valence-corrected chi connectivity index (χ4v) is 3.16. The van der Waals surface area contributed by atoms with Gasteiger partial charge in [0.05, 0.1) is 18.8 Å². The molecule has 0 spiro atoms. The van der Waals surface area contributed by atoms with E-state index in [0.29, 0.717) is 45.6 Å². The van der Waals surface area contributed by atoms with Gasteiger partial charge in [-0.1, -0.05) is 0 Å². The molecule has 0 saturated carbocycles. The minimum atomic E-state index is -0.578. The minimum Gasteiger partial charge on any atom is -0.450 e. The van der Waals surface area contributed by atoms with Gasteiger partial charge in [-0.3, -0.25) is 9.59 Å². The number of ether oxygens (including phenoxy) is 2. The summed E-state index contributed by atoms with van der Waals surface area (Å²) in [5.41, 5.74) is 0. The molecule has 24 heavy (non-hydrogen) atoms. The third kappa shape index (κ3) is 4.83. The predicted octanol–water partition coefficient (Wildman–Crippen LogP) is 0.359. The maximum Gasteiger partial charge on any atom is 0.409 e. The lowest BCUT2D eigenvalue weighted by atomic mass is 10.1. The number of hydrogen-bond donors (Lipinski definition) is 1. The fraction of sp³-hybridized carbons (Fsp3) is 0.812. The van der Waals surface area contributed by atoms with Crippen molar-refractivity contribution in [2.75, 3.05) is 32.8 Å². The van der Waals surface area contributed by atoms with Crippen LogP contribution in [0.1, 0.15) is 33.6 Å². The van der Waals surface area contributed by atoms with Crippen molar-refractivity contribution in [2.45, 2.75) is 51.9 Å². The number of rotatable bonds is 2. The van der Waals surface area contributed by atoms with Crippen molar-refractivity contribution in [1.82, 2.24) is 15.1 Å². The molecule has 2 rings (SSSR count). The van der Waals surface area contributed by atoms with E-state index < -0.39 is 11.8 Å². The molecule has 2 atom stereocenters. The van der Waals surface area contributed by atoms with Gasteiger partial charge in [0.25, 0.3) is 0 Å². The van der Waals surface area contributed by atoms with Gasteiger partial charge in [-0.05, 0) is 33.6 Å². The molecule has 2 fully saturated rings. The zero-order valence-corrected chi connectivity index (χ0v) is 14.6. The second-order valence-corrected chi connectivity index (χ2v) is 6.40. The summed E-state index contributed by atoms with van der Waals surface area (Å²) in [6.45, 7) is 7.78. The zero-order valence-electron chi connectivity index (χ0n) is 14.6. The van der Waals surface area contributed by atoms with E-state index in [1.165, 1.54) is 0 Å². The van der Waals surface area contributed by atoms with Crippen LogP contribution in [0.25, 0.3) is 0 Å². The molecule has 0 aromatic heterocycles. The molecular formula is C16H27N3O5. The van der Waals surface area contributed by atoms with Gasteiger partial charge < -0.3 is 24.6 Å². The van der Waals surface area contributed by atoms with E-state index in [0.717, 1.165) is 0 Å². The number of amides is 3. The Morgan fingerprint density at radius 1 is 1.08 bits per heavy atom. The van der Waals surface area contributed by atoms with E-state index in [1.54, 1.807) is 16.7 Å². The normalized spacial score (nSPS) is 25.3. The Labute approximate surface area is 142 Å². The van der Waals surface area contributed by atoms with Gasteiger partial charge in [0.15, 0.2) is 0 Å². The molecule has 8 heteroatoms. The summed E-state index contributed by atoms with van der Waals surface area (Å²) in [6.07, 6.45) is 0.771. The van der Waals surface area contributed by atoms with Crippen molar-refractivity contribution < 1.29 is 23.9 Å². The summed E-state index contributed by atoms with van der Waals surface area (Å²) in [6, 6.07) is -0.0944. The number of carbonyl (C=O) groups excluding carboxylic acids is 3. The van der Waals surface area contributed by atoms with Crippen LogP contribution in [-0.2, 0) is 19.1 Å². The van der Waals surface area contributed by atoms with E-state index in [-0.39, 0.29) is 24.3 Å². The van der Waals surface area contributed by atoms with E-state index in [9.17, 15) is 14.4 Å². The lowest BCUT2D eigenvalue weighted by molar-refractivity contribution is -0.153. The van der Waals surface area contributed by atoms with Crippen LogP contribution in [0.5, 0.6) is 0 Å². The van der Waals surface area contributed by atoms with E-state index in [4.69, 9.17) is 9.47 Å². The number of hydrogen-bond acceptors (Lipinski definition) is 5. The first-order valence-corrected chi connectivity index (χ1v) is 8.57. The van der Waals surface area contributed by atoms with Gasteiger partial charge >= 0.3 is 17.9 Å². The number of morpholine rings is 1. The van der Waals surface area contributed by atoms with Crippen LogP contribution in [-0.4, -0.2) is 78.7 Å². The molecule has 0 radical (unpaired) electrons. The average molecular weight is 341 g/mol. The summed E-state index contributed by atoms with van der Waals surface area (Å²) in [7, 11) is 0. The predicted molar refractivity (Wildman–Crippen MR) is 86.3 cm³/mol. The summed E-state index contributed by atoms with van der Waals surface area (Å²) >= 11 is 0. The molecule has 2 aliphatic rings. The number of nitrogens with one attached hydrogen (secondary N) is 1. The Balaban J connectivity index is 1.78. The summed E-state index contributed by atoms with van der Waals surface area (Å²) in [5.74, 6) is -1.09. The van der Waals surface area contributed by atoms with Crippen molar-refractivity contribution in [1.29, 1.82) is 0 Å². The third-order valence-electron chi connectivity index (χ3n) is 4.26. The van der Waals surface area contributed by atoms with Crippen molar-refractivity contribution >= 4 is 17.9 Å². The lowest BCUT2D eigenvalue weighted by Gasteiger charge is -2.35. The van der Waals surface area contributed by atoms with Gasteiger partial charge in [0.1, 0.15) is 0 Å². The van der Waals surface area contributed by atoms with Gasteiger partial charge in [0.2, 0.25) is 0 Å². The molecule has 0 aliphatic carbocycles. The Morgan fingerprint density at radius 2 is 1.67 bits per heavy atom. The molecule has 1 N–H and O–H groups in total. The van der Waals surface area contributed by atoms with Crippen LogP contribution in [0.2, 0.25) is 0 Å². The van der Waals surface area contributed by atoms with E-state index >= 15 is 0 Å². The number of likely N-dealkylation sites (tertiary alicyclic amines) is 1.